The quantitative estimate of drug-likeness (QED) is 0.835. The molecule has 0 aromatic heterocycles. The first-order valence-electron chi connectivity index (χ1n) is 5.60. The Morgan fingerprint density at radius 3 is 2.68 bits per heavy atom. The average molecular weight is 295 g/mol. The summed E-state index contributed by atoms with van der Waals surface area (Å²) in [7, 11) is 0. The first-order chi connectivity index (χ1) is 8.99. The van der Waals surface area contributed by atoms with E-state index in [9.17, 15) is 4.39 Å². The molecule has 0 saturated carbocycles. The Bertz CT molecular complexity index is 643. The molecule has 2 rings (SSSR count). The minimum atomic E-state index is -0.274. The van der Waals surface area contributed by atoms with Crippen LogP contribution in [-0.2, 0) is 0 Å². The number of halogens is 2. The molecule has 5 heteroatoms. The number of benzene rings is 2. The number of hydrogen-bond donors (Lipinski definition) is 2. The van der Waals surface area contributed by atoms with Gasteiger partial charge in [0.25, 0.3) is 0 Å². The second kappa shape index (κ2) is 5.55. The summed E-state index contributed by atoms with van der Waals surface area (Å²) < 4.78 is 13.5. The highest BCUT2D eigenvalue weighted by molar-refractivity contribution is 7.80. The van der Waals surface area contributed by atoms with Crippen molar-refractivity contribution < 1.29 is 4.39 Å². The van der Waals surface area contributed by atoms with Crippen LogP contribution in [0.2, 0.25) is 5.02 Å². The number of anilines is 2. The summed E-state index contributed by atoms with van der Waals surface area (Å²) in [6.07, 6.45) is 0. The molecule has 0 bridgehead atoms. The van der Waals surface area contributed by atoms with E-state index in [1.54, 1.807) is 37.3 Å². The van der Waals surface area contributed by atoms with Crippen LogP contribution in [0.3, 0.4) is 0 Å². The van der Waals surface area contributed by atoms with Gasteiger partial charge in [-0.2, -0.15) is 0 Å². The number of hydrogen-bond acceptors (Lipinski definition) is 2. The Morgan fingerprint density at radius 2 is 2.00 bits per heavy atom. The van der Waals surface area contributed by atoms with Gasteiger partial charge in [0, 0.05) is 21.8 Å². The van der Waals surface area contributed by atoms with Gasteiger partial charge in [0.05, 0.1) is 5.69 Å². The fraction of sp³-hybridized carbons (Fsp3) is 0.0714. The summed E-state index contributed by atoms with van der Waals surface area (Å²) in [4.78, 5) is 0.258. The van der Waals surface area contributed by atoms with Crippen LogP contribution >= 0.6 is 23.8 Å². The molecular formula is C14H12ClFN2S. The van der Waals surface area contributed by atoms with Gasteiger partial charge in [-0.15, -0.1) is 0 Å². The zero-order chi connectivity index (χ0) is 14.0. The Morgan fingerprint density at radius 1 is 1.26 bits per heavy atom. The van der Waals surface area contributed by atoms with Crippen LogP contribution in [0.1, 0.15) is 11.1 Å². The van der Waals surface area contributed by atoms with Crippen LogP contribution in [0.25, 0.3) is 0 Å². The van der Waals surface area contributed by atoms with E-state index in [0.29, 0.717) is 27.5 Å². The third-order valence-electron chi connectivity index (χ3n) is 2.78. The van der Waals surface area contributed by atoms with Crippen molar-refractivity contribution in [3.05, 3.63) is 58.4 Å². The molecule has 19 heavy (non-hydrogen) atoms. The molecule has 0 heterocycles. The van der Waals surface area contributed by atoms with Crippen molar-refractivity contribution in [2.45, 2.75) is 6.92 Å². The third-order valence-corrected chi connectivity index (χ3v) is 3.24. The molecule has 2 nitrogen and oxygen atoms in total. The van der Waals surface area contributed by atoms with Crippen molar-refractivity contribution in [1.82, 2.24) is 0 Å². The second-order valence-electron chi connectivity index (χ2n) is 4.09. The van der Waals surface area contributed by atoms with Crippen LogP contribution in [0.5, 0.6) is 0 Å². The number of thiocarbonyl (C=S) groups is 1. The normalized spacial score (nSPS) is 10.3. The van der Waals surface area contributed by atoms with Gasteiger partial charge in [-0.25, -0.2) is 4.39 Å². The monoisotopic (exact) mass is 294 g/mol. The maximum atomic E-state index is 13.5. The highest BCUT2D eigenvalue weighted by atomic mass is 35.5. The Kier molecular flexibility index (Phi) is 4.02. The van der Waals surface area contributed by atoms with Crippen molar-refractivity contribution in [1.29, 1.82) is 0 Å². The van der Waals surface area contributed by atoms with E-state index in [0.717, 1.165) is 0 Å². The topological polar surface area (TPSA) is 38.0 Å². The van der Waals surface area contributed by atoms with E-state index in [1.165, 1.54) is 6.07 Å². The summed E-state index contributed by atoms with van der Waals surface area (Å²) in [6.45, 7) is 1.70. The molecule has 98 valence electrons. The predicted molar refractivity (Wildman–Crippen MR) is 81.8 cm³/mol. The Labute approximate surface area is 121 Å². The van der Waals surface area contributed by atoms with Gasteiger partial charge in [-0.05, 0) is 37.3 Å². The van der Waals surface area contributed by atoms with Gasteiger partial charge in [0.15, 0.2) is 0 Å². The molecule has 3 N–H and O–H groups in total. The van der Waals surface area contributed by atoms with Crippen LogP contribution in [0.4, 0.5) is 15.8 Å². The minimum Gasteiger partial charge on any atom is -0.389 e. The molecule has 2 aromatic rings. The van der Waals surface area contributed by atoms with E-state index in [1.807, 2.05) is 0 Å². The van der Waals surface area contributed by atoms with Gasteiger partial charge in [0.2, 0.25) is 0 Å². The van der Waals surface area contributed by atoms with Gasteiger partial charge >= 0.3 is 0 Å². The maximum Gasteiger partial charge on any atom is 0.128 e. The Balaban J connectivity index is 2.45. The van der Waals surface area contributed by atoms with Crippen molar-refractivity contribution in [2.75, 3.05) is 5.32 Å². The Hall–Kier alpha value is -1.65. The van der Waals surface area contributed by atoms with Crippen molar-refractivity contribution >= 4 is 40.2 Å². The fourth-order valence-electron chi connectivity index (χ4n) is 1.72. The summed E-state index contributed by atoms with van der Waals surface area (Å²) in [5, 5.41) is 3.66. The summed E-state index contributed by atoms with van der Waals surface area (Å²) in [6, 6.07) is 9.98. The maximum absolute atomic E-state index is 13.5. The van der Waals surface area contributed by atoms with Crippen LogP contribution in [0.15, 0.2) is 36.4 Å². The van der Waals surface area contributed by atoms with E-state index < -0.39 is 0 Å². The van der Waals surface area contributed by atoms with E-state index in [-0.39, 0.29) is 10.8 Å². The summed E-state index contributed by atoms with van der Waals surface area (Å²) in [5.74, 6) is -0.274. The lowest BCUT2D eigenvalue weighted by atomic mass is 10.1. The number of nitrogens with two attached hydrogens (primary N) is 1. The molecule has 0 saturated heterocycles. The van der Waals surface area contributed by atoms with Crippen molar-refractivity contribution in [3.63, 3.8) is 0 Å². The zero-order valence-corrected chi connectivity index (χ0v) is 11.8. The van der Waals surface area contributed by atoms with E-state index in [4.69, 9.17) is 29.6 Å². The molecule has 0 aliphatic rings. The highest BCUT2D eigenvalue weighted by Gasteiger charge is 2.09. The molecule has 0 spiro atoms. The van der Waals surface area contributed by atoms with E-state index >= 15 is 0 Å². The largest absolute Gasteiger partial charge is 0.389 e. The van der Waals surface area contributed by atoms with Crippen LogP contribution in [-0.4, -0.2) is 4.99 Å². The summed E-state index contributed by atoms with van der Waals surface area (Å²) in [5.41, 5.74) is 8.17. The predicted octanol–water partition coefficient (Wildman–Crippen LogP) is 4.17. The van der Waals surface area contributed by atoms with E-state index in [2.05, 4.69) is 5.32 Å². The fourth-order valence-corrected chi connectivity index (χ4v) is 2.07. The molecule has 0 aliphatic carbocycles. The highest BCUT2D eigenvalue weighted by Crippen LogP contribution is 2.27. The lowest BCUT2D eigenvalue weighted by Crippen LogP contribution is -2.12. The molecule has 0 aliphatic heterocycles. The molecule has 2 aromatic carbocycles. The van der Waals surface area contributed by atoms with Crippen molar-refractivity contribution in [2.24, 2.45) is 5.73 Å². The first kappa shape index (κ1) is 13.8. The van der Waals surface area contributed by atoms with Gasteiger partial charge < -0.3 is 11.1 Å². The molecule has 0 radical (unpaired) electrons. The van der Waals surface area contributed by atoms with Crippen LogP contribution < -0.4 is 11.1 Å². The standard InChI is InChI=1S/C14H12ClFN2S/c1-8-11(16)3-2-4-12(8)18-13-7-9(15)5-6-10(13)14(17)19/h2-7,18H,1H3,(H2,17,19). The first-order valence-corrected chi connectivity index (χ1v) is 6.39. The van der Waals surface area contributed by atoms with Gasteiger partial charge in [-0.3, -0.25) is 0 Å². The third kappa shape index (κ3) is 3.03. The lowest BCUT2D eigenvalue weighted by molar-refractivity contribution is 0.619. The molecule has 0 amide bonds. The molecular weight excluding hydrogens is 283 g/mol. The zero-order valence-electron chi connectivity index (χ0n) is 10.2. The number of rotatable bonds is 3. The van der Waals surface area contributed by atoms with Crippen molar-refractivity contribution in [3.8, 4) is 0 Å². The molecule has 0 atom stereocenters. The lowest BCUT2D eigenvalue weighted by Gasteiger charge is -2.14. The van der Waals surface area contributed by atoms with Gasteiger partial charge in [0.1, 0.15) is 10.8 Å². The summed E-state index contributed by atoms with van der Waals surface area (Å²) >= 11 is 10.9. The second-order valence-corrected chi connectivity index (χ2v) is 4.97. The smallest absolute Gasteiger partial charge is 0.128 e. The molecule has 0 fully saturated rings. The number of nitrogens with one attached hydrogen (secondary N) is 1. The minimum absolute atomic E-state index is 0.258. The SMILES string of the molecule is Cc1c(F)cccc1Nc1cc(Cl)ccc1C(N)=S. The molecule has 0 unspecified atom stereocenters. The average Bonchev–Trinajstić information content (AvgIpc) is 2.35. The van der Waals surface area contributed by atoms with Gasteiger partial charge in [-0.1, -0.05) is 29.9 Å². The van der Waals surface area contributed by atoms with Crippen LogP contribution in [0, 0.1) is 12.7 Å².